The van der Waals surface area contributed by atoms with Gasteiger partial charge in [-0.15, -0.1) is 10.2 Å². The standard InChI is InChI=1S/C23H20N4O3S.Na/c1-14-9-15(2)11-16(10-14)20-8-7-17(13-25-20)26-27-21-12-22(31(28,29)30)18-5-3-4-6-19(18)23(21)24;/h3-13H,24H2,1-2H3,(H,28,29,30);/q;+1/p-1. The van der Waals surface area contributed by atoms with Gasteiger partial charge >= 0.3 is 29.6 Å². The van der Waals surface area contributed by atoms with Gasteiger partial charge in [0, 0.05) is 16.3 Å². The van der Waals surface area contributed by atoms with Crippen molar-refractivity contribution >= 4 is 38.0 Å². The molecule has 0 aliphatic heterocycles. The summed E-state index contributed by atoms with van der Waals surface area (Å²) in [6.45, 7) is 4.06. The number of aromatic nitrogens is 1. The minimum atomic E-state index is -4.71. The molecule has 4 rings (SSSR count). The van der Waals surface area contributed by atoms with E-state index in [0.717, 1.165) is 28.5 Å². The largest absolute Gasteiger partial charge is 1.00 e. The van der Waals surface area contributed by atoms with Gasteiger partial charge in [0.2, 0.25) is 0 Å². The van der Waals surface area contributed by atoms with Crippen LogP contribution in [0, 0.1) is 13.8 Å². The third-order valence-electron chi connectivity index (χ3n) is 4.83. The predicted molar refractivity (Wildman–Crippen MR) is 120 cm³/mol. The summed E-state index contributed by atoms with van der Waals surface area (Å²) in [5.41, 5.74) is 11.1. The minimum Gasteiger partial charge on any atom is -0.744 e. The Bertz CT molecular complexity index is 1420. The van der Waals surface area contributed by atoms with E-state index in [1.54, 1.807) is 30.5 Å². The molecule has 0 unspecified atom stereocenters. The van der Waals surface area contributed by atoms with Gasteiger partial charge in [0.05, 0.1) is 22.5 Å². The average Bonchev–Trinajstić information content (AvgIpc) is 2.72. The molecule has 9 heteroatoms. The Balaban J connectivity index is 0.00000289. The van der Waals surface area contributed by atoms with Crippen molar-refractivity contribution in [2.75, 3.05) is 5.73 Å². The molecule has 4 aromatic rings. The van der Waals surface area contributed by atoms with Crippen LogP contribution in [0.3, 0.4) is 0 Å². The fourth-order valence-corrected chi connectivity index (χ4v) is 4.19. The molecular weight excluding hydrogens is 435 g/mol. The maximum Gasteiger partial charge on any atom is 1.00 e. The molecule has 0 fully saturated rings. The maximum absolute atomic E-state index is 11.7. The molecule has 156 valence electrons. The summed E-state index contributed by atoms with van der Waals surface area (Å²) in [6, 6.07) is 17.5. The van der Waals surface area contributed by atoms with Crippen LogP contribution in [0.25, 0.3) is 22.0 Å². The Morgan fingerprint density at radius 3 is 2.16 bits per heavy atom. The zero-order chi connectivity index (χ0) is 22.2. The van der Waals surface area contributed by atoms with E-state index in [-0.39, 0.29) is 51.2 Å². The van der Waals surface area contributed by atoms with Crippen molar-refractivity contribution in [2.45, 2.75) is 18.7 Å². The summed E-state index contributed by atoms with van der Waals surface area (Å²) in [7, 11) is -4.71. The SMILES string of the molecule is Cc1cc(C)cc(-c2ccc(N=Nc3cc(S(=O)(=O)[O-])c4ccccc4c3N)cn2)c1.[Na+]. The van der Waals surface area contributed by atoms with Crippen LogP contribution in [-0.2, 0) is 10.1 Å². The number of anilines is 1. The van der Waals surface area contributed by atoms with E-state index in [2.05, 4.69) is 33.4 Å². The molecule has 2 N–H and O–H groups in total. The smallest absolute Gasteiger partial charge is 0.744 e. The van der Waals surface area contributed by atoms with Crippen molar-refractivity contribution in [1.29, 1.82) is 0 Å². The van der Waals surface area contributed by atoms with Crippen LogP contribution in [0.1, 0.15) is 11.1 Å². The Kier molecular flexibility index (Phi) is 7.12. The Labute approximate surface area is 208 Å². The van der Waals surface area contributed by atoms with Crippen LogP contribution in [0.5, 0.6) is 0 Å². The van der Waals surface area contributed by atoms with Crippen molar-refractivity contribution in [2.24, 2.45) is 10.2 Å². The van der Waals surface area contributed by atoms with Gasteiger partial charge in [0.1, 0.15) is 21.5 Å². The molecule has 3 aromatic carbocycles. The minimum absolute atomic E-state index is 0. The number of nitrogens with zero attached hydrogens (tertiary/aromatic N) is 3. The molecule has 0 bridgehead atoms. The Hall–Kier alpha value is -2.62. The fourth-order valence-electron chi connectivity index (χ4n) is 3.49. The van der Waals surface area contributed by atoms with Gasteiger partial charge in [-0.2, -0.15) is 0 Å². The number of fused-ring (bicyclic) bond motifs is 1. The van der Waals surface area contributed by atoms with E-state index in [4.69, 9.17) is 5.73 Å². The summed E-state index contributed by atoms with van der Waals surface area (Å²) in [6.07, 6.45) is 1.57. The number of azo groups is 1. The van der Waals surface area contributed by atoms with E-state index in [1.165, 1.54) is 6.07 Å². The van der Waals surface area contributed by atoms with Crippen molar-refractivity contribution in [1.82, 2.24) is 4.98 Å². The third kappa shape index (κ3) is 5.06. The van der Waals surface area contributed by atoms with Crippen molar-refractivity contribution in [3.8, 4) is 11.3 Å². The van der Waals surface area contributed by atoms with Crippen molar-refractivity contribution in [3.63, 3.8) is 0 Å². The van der Waals surface area contributed by atoms with Crippen LogP contribution in [0.15, 0.2) is 82.0 Å². The molecule has 1 heterocycles. The van der Waals surface area contributed by atoms with Gasteiger partial charge in [0.25, 0.3) is 0 Å². The molecule has 0 spiro atoms. The van der Waals surface area contributed by atoms with Gasteiger partial charge in [-0.3, -0.25) is 4.98 Å². The molecule has 0 aliphatic carbocycles. The van der Waals surface area contributed by atoms with Gasteiger partial charge in [-0.05, 0) is 44.2 Å². The number of aryl methyl sites for hydroxylation is 2. The van der Waals surface area contributed by atoms with Gasteiger partial charge in [-0.1, -0.05) is 41.5 Å². The van der Waals surface area contributed by atoms with E-state index >= 15 is 0 Å². The van der Waals surface area contributed by atoms with Crippen molar-refractivity contribution < 1.29 is 42.5 Å². The zero-order valence-corrected chi connectivity index (χ0v) is 20.7. The van der Waals surface area contributed by atoms with E-state index in [9.17, 15) is 13.0 Å². The van der Waals surface area contributed by atoms with E-state index in [1.807, 2.05) is 19.9 Å². The van der Waals surface area contributed by atoms with Crippen LogP contribution in [0.2, 0.25) is 0 Å². The Morgan fingerprint density at radius 1 is 0.906 bits per heavy atom. The predicted octanol–water partition coefficient (Wildman–Crippen LogP) is 2.42. The molecule has 32 heavy (non-hydrogen) atoms. The molecule has 0 amide bonds. The summed E-state index contributed by atoms with van der Waals surface area (Å²) in [5, 5.41) is 8.90. The Morgan fingerprint density at radius 2 is 1.56 bits per heavy atom. The molecule has 0 radical (unpaired) electrons. The number of pyridine rings is 1. The molecule has 0 aliphatic rings. The first-order valence-electron chi connectivity index (χ1n) is 9.46. The van der Waals surface area contributed by atoms with E-state index in [0.29, 0.717) is 11.1 Å². The maximum atomic E-state index is 11.7. The van der Waals surface area contributed by atoms with Crippen LogP contribution < -0.4 is 35.3 Å². The number of nitrogens with two attached hydrogens (primary N) is 1. The third-order valence-corrected chi connectivity index (χ3v) is 5.71. The second-order valence-corrected chi connectivity index (χ2v) is 8.63. The topological polar surface area (TPSA) is 121 Å². The molecule has 0 saturated heterocycles. The molecule has 0 atom stereocenters. The van der Waals surface area contributed by atoms with Gasteiger partial charge in [0.15, 0.2) is 0 Å². The van der Waals surface area contributed by atoms with Crippen LogP contribution in [0.4, 0.5) is 17.1 Å². The number of nitrogen functional groups attached to an aromatic ring is 1. The first-order chi connectivity index (χ1) is 14.7. The fraction of sp³-hybridized carbons (Fsp3) is 0.0870. The second-order valence-electron chi connectivity index (χ2n) is 7.29. The summed E-state index contributed by atoms with van der Waals surface area (Å²) in [4.78, 5) is 4.06. The molecule has 0 saturated carbocycles. The zero-order valence-electron chi connectivity index (χ0n) is 17.9. The monoisotopic (exact) mass is 454 g/mol. The summed E-state index contributed by atoms with van der Waals surface area (Å²) in [5.74, 6) is 0. The first-order valence-corrected chi connectivity index (χ1v) is 10.9. The molecule has 7 nitrogen and oxygen atoms in total. The summed E-state index contributed by atoms with van der Waals surface area (Å²) >= 11 is 0. The number of hydrogen-bond acceptors (Lipinski definition) is 7. The first kappa shape index (κ1) is 24.0. The molecular formula is C23H19N4NaO3S. The van der Waals surface area contributed by atoms with Crippen LogP contribution in [-0.4, -0.2) is 18.0 Å². The molecule has 1 aromatic heterocycles. The summed E-state index contributed by atoms with van der Waals surface area (Å²) < 4.78 is 35.2. The van der Waals surface area contributed by atoms with Crippen molar-refractivity contribution in [3.05, 3.63) is 78.0 Å². The average molecular weight is 454 g/mol. The number of benzene rings is 3. The van der Waals surface area contributed by atoms with E-state index < -0.39 is 10.1 Å². The number of hydrogen-bond donors (Lipinski definition) is 1. The van der Waals surface area contributed by atoms with Crippen LogP contribution >= 0.6 is 0 Å². The number of rotatable bonds is 4. The van der Waals surface area contributed by atoms with Gasteiger partial charge in [-0.25, -0.2) is 8.42 Å². The quantitative estimate of drug-likeness (QED) is 0.220. The second kappa shape index (κ2) is 9.48. The normalized spacial score (nSPS) is 11.6. The van der Waals surface area contributed by atoms with Gasteiger partial charge < -0.3 is 10.3 Å².